The van der Waals surface area contributed by atoms with E-state index < -0.39 is 11.8 Å². The van der Waals surface area contributed by atoms with Crippen molar-refractivity contribution in [2.45, 2.75) is 18.7 Å². The van der Waals surface area contributed by atoms with Gasteiger partial charge >= 0.3 is 0 Å². The number of carbonyl (C=O) groups excluding carboxylic acids is 3. The molecule has 4 aromatic carbocycles. The molecule has 4 rings (SSSR count). The van der Waals surface area contributed by atoms with Crippen molar-refractivity contribution in [2.24, 2.45) is 0 Å². The highest BCUT2D eigenvalue weighted by molar-refractivity contribution is 8.00. The Morgan fingerprint density at radius 1 is 0.780 bits per heavy atom. The third kappa shape index (κ3) is 9.12. The van der Waals surface area contributed by atoms with Crippen LogP contribution in [0.15, 0.2) is 114 Å². The van der Waals surface area contributed by atoms with Crippen LogP contribution in [0.5, 0.6) is 5.75 Å². The summed E-state index contributed by atoms with van der Waals surface area (Å²) in [6, 6.07) is 30.7. The zero-order valence-corrected chi connectivity index (χ0v) is 23.7. The third-order valence-corrected chi connectivity index (χ3v) is 6.86. The van der Waals surface area contributed by atoms with Gasteiger partial charge in [0.05, 0.1) is 12.4 Å². The molecular weight excluding hydrogens is 534 g/mol. The molecule has 8 heteroatoms. The second-order valence-electron chi connectivity index (χ2n) is 9.06. The fourth-order valence-electron chi connectivity index (χ4n) is 3.75. The van der Waals surface area contributed by atoms with E-state index >= 15 is 0 Å². The maximum atomic E-state index is 13.3. The van der Waals surface area contributed by atoms with Gasteiger partial charge in [0.25, 0.3) is 11.8 Å². The number of carbonyl (C=O) groups is 3. The number of aryl methyl sites for hydroxylation is 1. The maximum absolute atomic E-state index is 13.3. The third-order valence-electron chi connectivity index (χ3n) is 5.85. The number of amides is 3. The van der Waals surface area contributed by atoms with Crippen LogP contribution in [0.4, 0.5) is 11.4 Å². The summed E-state index contributed by atoms with van der Waals surface area (Å²) in [5.41, 5.74) is 3.69. The molecule has 0 spiro atoms. The molecule has 3 amide bonds. The lowest BCUT2D eigenvalue weighted by atomic mass is 10.1. The van der Waals surface area contributed by atoms with Crippen LogP contribution in [-0.2, 0) is 9.59 Å². The number of benzene rings is 4. The van der Waals surface area contributed by atoms with Crippen molar-refractivity contribution in [2.75, 3.05) is 23.0 Å². The average Bonchev–Trinajstić information content (AvgIpc) is 2.99. The first-order chi connectivity index (χ1) is 19.9. The highest BCUT2D eigenvalue weighted by Gasteiger charge is 2.15. The summed E-state index contributed by atoms with van der Waals surface area (Å²) in [6.45, 7) is 4.45. The molecule has 0 saturated carbocycles. The van der Waals surface area contributed by atoms with Crippen LogP contribution < -0.4 is 20.7 Å². The van der Waals surface area contributed by atoms with Gasteiger partial charge in [-0.1, -0.05) is 48.0 Å². The molecule has 0 aliphatic rings. The molecule has 0 aromatic heterocycles. The first kappa shape index (κ1) is 29.2. The number of hydrogen-bond acceptors (Lipinski definition) is 5. The Morgan fingerprint density at radius 3 is 2.07 bits per heavy atom. The first-order valence-corrected chi connectivity index (χ1v) is 14.1. The Kier molecular flexibility index (Phi) is 10.3. The van der Waals surface area contributed by atoms with Crippen molar-refractivity contribution in [1.29, 1.82) is 0 Å². The molecule has 0 fully saturated rings. The first-order valence-electron chi connectivity index (χ1n) is 13.1. The van der Waals surface area contributed by atoms with Crippen molar-refractivity contribution in [3.8, 4) is 5.75 Å². The smallest absolute Gasteiger partial charge is 0.272 e. The molecule has 0 saturated heterocycles. The Hall–Kier alpha value is -4.82. The van der Waals surface area contributed by atoms with Gasteiger partial charge in [-0.2, -0.15) is 0 Å². The highest BCUT2D eigenvalue weighted by Crippen LogP contribution is 2.22. The van der Waals surface area contributed by atoms with Crippen molar-refractivity contribution >= 4 is 46.9 Å². The lowest BCUT2D eigenvalue weighted by molar-refractivity contribution is -0.114. The molecule has 7 nitrogen and oxygen atoms in total. The number of rotatable bonds is 11. The minimum absolute atomic E-state index is 0.0919. The van der Waals surface area contributed by atoms with Crippen molar-refractivity contribution in [1.82, 2.24) is 5.32 Å². The molecule has 4 aromatic rings. The van der Waals surface area contributed by atoms with Crippen LogP contribution >= 0.6 is 11.8 Å². The summed E-state index contributed by atoms with van der Waals surface area (Å²) in [6.07, 6.45) is 1.61. The predicted molar refractivity (Wildman–Crippen MR) is 165 cm³/mol. The predicted octanol–water partition coefficient (Wildman–Crippen LogP) is 6.53. The summed E-state index contributed by atoms with van der Waals surface area (Å²) in [4.78, 5) is 39.3. The van der Waals surface area contributed by atoms with Gasteiger partial charge < -0.3 is 20.7 Å². The van der Waals surface area contributed by atoms with Crippen LogP contribution in [0.1, 0.15) is 28.4 Å². The summed E-state index contributed by atoms with van der Waals surface area (Å²) >= 11 is 1.39. The Labute approximate surface area is 244 Å². The molecule has 208 valence electrons. The van der Waals surface area contributed by atoms with Gasteiger partial charge in [-0.25, -0.2) is 0 Å². The molecule has 41 heavy (non-hydrogen) atoms. The van der Waals surface area contributed by atoms with Crippen LogP contribution in [0.2, 0.25) is 0 Å². The summed E-state index contributed by atoms with van der Waals surface area (Å²) in [7, 11) is 0. The Morgan fingerprint density at radius 2 is 1.41 bits per heavy atom. The standard InChI is InChI=1S/C33H31N3O4S/c1-3-40-28-17-11-24(12-18-28)21-30(36-32(38)25-7-5-4-6-8-25)33(39)35-27-15-19-29(20-16-27)41-22-31(37)34-26-13-9-23(2)10-14-26/h4-21H,3,22H2,1-2H3,(H,34,37)(H,35,39)(H,36,38)/b30-21-. The normalized spacial score (nSPS) is 10.9. The SMILES string of the molecule is CCOc1ccc(/C=C(\NC(=O)c2ccccc2)C(=O)Nc2ccc(SCC(=O)Nc3ccc(C)cc3)cc2)cc1. The fourth-order valence-corrected chi connectivity index (χ4v) is 4.45. The monoisotopic (exact) mass is 565 g/mol. The molecule has 0 aliphatic carbocycles. The van der Waals surface area contributed by atoms with E-state index in [9.17, 15) is 14.4 Å². The van der Waals surface area contributed by atoms with Crippen molar-refractivity contribution < 1.29 is 19.1 Å². The largest absolute Gasteiger partial charge is 0.494 e. The zero-order chi connectivity index (χ0) is 29.0. The Balaban J connectivity index is 1.41. The van der Waals surface area contributed by atoms with E-state index in [0.717, 1.165) is 27.5 Å². The fraction of sp³-hybridized carbons (Fsp3) is 0.121. The van der Waals surface area contributed by atoms with Gasteiger partial charge in [0.15, 0.2) is 0 Å². The minimum atomic E-state index is -0.471. The zero-order valence-electron chi connectivity index (χ0n) is 22.8. The Bertz CT molecular complexity index is 1500. The van der Waals surface area contributed by atoms with Gasteiger partial charge in [0.1, 0.15) is 11.4 Å². The van der Waals surface area contributed by atoms with E-state index in [4.69, 9.17) is 4.74 Å². The summed E-state index contributed by atoms with van der Waals surface area (Å²) in [5.74, 6) is -0.00117. The number of nitrogens with one attached hydrogen (secondary N) is 3. The number of hydrogen-bond donors (Lipinski definition) is 3. The van der Waals surface area contributed by atoms with Gasteiger partial charge in [-0.05, 0) is 86.2 Å². The summed E-state index contributed by atoms with van der Waals surface area (Å²) in [5, 5.41) is 8.47. The van der Waals surface area contributed by atoms with Crippen molar-refractivity contribution in [3.05, 3.63) is 126 Å². The molecular formula is C33H31N3O4S. The number of ether oxygens (including phenoxy) is 1. The molecule has 0 unspecified atom stereocenters. The topological polar surface area (TPSA) is 96.5 Å². The summed E-state index contributed by atoms with van der Waals surface area (Å²) < 4.78 is 5.49. The molecule has 0 heterocycles. The lowest BCUT2D eigenvalue weighted by Gasteiger charge is -2.12. The van der Waals surface area contributed by atoms with E-state index in [-0.39, 0.29) is 17.4 Å². The highest BCUT2D eigenvalue weighted by atomic mass is 32.2. The van der Waals surface area contributed by atoms with Crippen LogP contribution in [0.3, 0.4) is 0 Å². The van der Waals surface area contributed by atoms with E-state index in [1.54, 1.807) is 54.6 Å². The van der Waals surface area contributed by atoms with Crippen LogP contribution in [0, 0.1) is 6.92 Å². The van der Waals surface area contributed by atoms with E-state index in [0.29, 0.717) is 17.9 Å². The van der Waals surface area contributed by atoms with E-state index in [2.05, 4.69) is 16.0 Å². The molecule has 0 radical (unpaired) electrons. The van der Waals surface area contributed by atoms with Gasteiger partial charge in [-0.3, -0.25) is 14.4 Å². The van der Waals surface area contributed by atoms with Crippen LogP contribution in [0.25, 0.3) is 6.08 Å². The second kappa shape index (κ2) is 14.5. The molecule has 3 N–H and O–H groups in total. The minimum Gasteiger partial charge on any atom is -0.494 e. The molecule has 0 aliphatic heterocycles. The molecule has 0 bridgehead atoms. The molecule has 0 atom stereocenters. The van der Waals surface area contributed by atoms with Gasteiger partial charge in [-0.15, -0.1) is 11.8 Å². The lowest BCUT2D eigenvalue weighted by Crippen LogP contribution is -2.30. The van der Waals surface area contributed by atoms with Gasteiger partial charge in [0.2, 0.25) is 5.91 Å². The van der Waals surface area contributed by atoms with Gasteiger partial charge in [0, 0.05) is 21.8 Å². The van der Waals surface area contributed by atoms with E-state index in [1.165, 1.54) is 11.8 Å². The number of thioether (sulfide) groups is 1. The van der Waals surface area contributed by atoms with Crippen LogP contribution in [-0.4, -0.2) is 30.1 Å². The maximum Gasteiger partial charge on any atom is 0.272 e. The quantitative estimate of drug-likeness (QED) is 0.142. The number of anilines is 2. The van der Waals surface area contributed by atoms with E-state index in [1.807, 2.05) is 68.4 Å². The second-order valence-corrected chi connectivity index (χ2v) is 10.1. The average molecular weight is 566 g/mol. The van der Waals surface area contributed by atoms with Crippen molar-refractivity contribution in [3.63, 3.8) is 0 Å².